The lowest BCUT2D eigenvalue weighted by atomic mass is 9.99. The first kappa shape index (κ1) is 19.4. The van der Waals surface area contributed by atoms with Gasteiger partial charge in [-0.25, -0.2) is 0 Å². The molecule has 1 saturated heterocycles. The van der Waals surface area contributed by atoms with Gasteiger partial charge in [0.25, 0.3) is 5.91 Å². The second-order valence-corrected chi connectivity index (χ2v) is 8.59. The highest BCUT2D eigenvalue weighted by Gasteiger charge is 2.28. The molecule has 0 spiro atoms. The minimum absolute atomic E-state index is 0.0900. The average Bonchev–Trinajstić information content (AvgIpc) is 3.01. The monoisotopic (exact) mass is 378 g/mol. The lowest BCUT2D eigenvalue weighted by Gasteiger charge is -2.37. The van der Waals surface area contributed by atoms with E-state index in [1.165, 1.54) is 36.1 Å². The molecule has 26 heavy (non-hydrogen) atoms. The van der Waals surface area contributed by atoms with Crippen LogP contribution < -0.4 is 0 Å². The number of thiophene rings is 1. The van der Waals surface area contributed by atoms with Gasteiger partial charge in [-0.15, -0.1) is 11.3 Å². The number of hydrogen-bond acceptors (Lipinski definition) is 4. The Morgan fingerprint density at radius 1 is 1.19 bits per heavy atom. The number of likely N-dealkylation sites (N-methyl/N-ethyl adjacent to an activating group) is 1. The predicted molar refractivity (Wildman–Crippen MR) is 104 cm³/mol. The van der Waals surface area contributed by atoms with Crippen LogP contribution in [0.4, 0.5) is 0 Å². The second-order valence-electron chi connectivity index (χ2n) is 7.45. The van der Waals surface area contributed by atoms with Crippen LogP contribution in [0, 0.1) is 0 Å². The summed E-state index contributed by atoms with van der Waals surface area (Å²) in [6, 6.07) is 2.41. The van der Waals surface area contributed by atoms with E-state index >= 15 is 0 Å². The summed E-state index contributed by atoms with van der Waals surface area (Å²) in [6.45, 7) is 4.28. The van der Waals surface area contributed by atoms with Gasteiger partial charge in [0.1, 0.15) is 0 Å². The van der Waals surface area contributed by atoms with Crippen LogP contribution in [0.3, 0.4) is 0 Å². The highest BCUT2D eigenvalue weighted by atomic mass is 32.1. The number of carboxylic acids is 1. The van der Waals surface area contributed by atoms with Crippen molar-refractivity contribution in [1.29, 1.82) is 0 Å². The molecule has 144 valence electrons. The standard InChI is InChI=1S/C20H30N2O3S/c1-2-21(14-19(23)24)16-9-11-22(12-10-16)20(25)18-13-15-7-5-3-4-6-8-17(15)26-18/h13,16H,2-12,14H2,1H3,(H,23,24). The number of aryl methyl sites for hydroxylation is 2. The molecule has 0 bridgehead atoms. The average molecular weight is 379 g/mol. The summed E-state index contributed by atoms with van der Waals surface area (Å²) in [5.74, 6) is -0.608. The Morgan fingerprint density at radius 2 is 1.88 bits per heavy atom. The number of fused-ring (bicyclic) bond motifs is 1. The Morgan fingerprint density at radius 3 is 2.54 bits per heavy atom. The molecule has 1 N–H and O–H groups in total. The van der Waals surface area contributed by atoms with Gasteiger partial charge in [-0.2, -0.15) is 0 Å². The zero-order valence-corrected chi connectivity index (χ0v) is 16.5. The SMILES string of the molecule is CCN(CC(=O)O)C1CCN(C(=O)c2cc3c(s2)CCCCCC3)CC1. The molecule has 2 aliphatic rings. The highest BCUT2D eigenvalue weighted by Crippen LogP contribution is 2.30. The lowest BCUT2D eigenvalue weighted by Crippen LogP contribution is -2.48. The molecule has 1 fully saturated rings. The van der Waals surface area contributed by atoms with E-state index in [4.69, 9.17) is 5.11 Å². The molecule has 6 heteroatoms. The first-order chi connectivity index (χ1) is 12.6. The highest BCUT2D eigenvalue weighted by molar-refractivity contribution is 7.14. The summed E-state index contributed by atoms with van der Waals surface area (Å²) in [6.07, 6.45) is 9.03. The van der Waals surface area contributed by atoms with Gasteiger partial charge in [0.2, 0.25) is 0 Å². The van der Waals surface area contributed by atoms with Crippen molar-refractivity contribution in [2.75, 3.05) is 26.2 Å². The molecule has 0 aromatic carbocycles. The maximum Gasteiger partial charge on any atom is 0.317 e. The maximum atomic E-state index is 12.9. The van der Waals surface area contributed by atoms with Gasteiger partial charge in [0.05, 0.1) is 11.4 Å². The van der Waals surface area contributed by atoms with Gasteiger partial charge in [-0.05, 0) is 56.7 Å². The molecule has 5 nitrogen and oxygen atoms in total. The molecule has 3 rings (SSSR count). The predicted octanol–water partition coefficient (Wildman–Crippen LogP) is 3.42. The molecule has 0 radical (unpaired) electrons. The molecule has 1 aromatic heterocycles. The molecule has 1 amide bonds. The number of likely N-dealkylation sites (tertiary alicyclic amines) is 1. The summed E-state index contributed by atoms with van der Waals surface area (Å²) < 4.78 is 0. The normalized spacial score (nSPS) is 19.1. The van der Waals surface area contributed by atoms with E-state index < -0.39 is 5.97 Å². The molecule has 2 heterocycles. The van der Waals surface area contributed by atoms with Gasteiger partial charge >= 0.3 is 5.97 Å². The van der Waals surface area contributed by atoms with Crippen molar-refractivity contribution in [2.45, 2.75) is 64.3 Å². The van der Waals surface area contributed by atoms with Crippen molar-refractivity contribution in [3.63, 3.8) is 0 Å². The van der Waals surface area contributed by atoms with Crippen LogP contribution in [-0.2, 0) is 17.6 Å². The van der Waals surface area contributed by atoms with Crippen LogP contribution in [0.5, 0.6) is 0 Å². The number of nitrogens with zero attached hydrogens (tertiary/aromatic N) is 2. The largest absolute Gasteiger partial charge is 0.480 e. The quantitative estimate of drug-likeness (QED) is 0.853. The van der Waals surface area contributed by atoms with Gasteiger partial charge in [-0.1, -0.05) is 19.8 Å². The third kappa shape index (κ3) is 4.65. The van der Waals surface area contributed by atoms with Gasteiger partial charge in [-0.3, -0.25) is 14.5 Å². The number of carbonyl (C=O) groups is 2. The van der Waals surface area contributed by atoms with E-state index in [9.17, 15) is 9.59 Å². The fraction of sp³-hybridized carbons (Fsp3) is 0.700. The van der Waals surface area contributed by atoms with Crippen LogP contribution >= 0.6 is 11.3 Å². The minimum Gasteiger partial charge on any atom is -0.480 e. The molecular formula is C20H30N2O3S. The van der Waals surface area contributed by atoms with Crippen molar-refractivity contribution in [2.24, 2.45) is 0 Å². The fourth-order valence-corrected chi connectivity index (χ4v) is 5.43. The van der Waals surface area contributed by atoms with E-state index in [1.54, 1.807) is 11.3 Å². The number of carboxylic acid groups (broad SMARTS) is 1. The zero-order valence-electron chi connectivity index (χ0n) is 15.7. The molecule has 0 atom stereocenters. The van der Waals surface area contributed by atoms with Crippen LogP contribution in [0.2, 0.25) is 0 Å². The molecule has 1 aromatic rings. The topological polar surface area (TPSA) is 60.9 Å². The van der Waals surface area contributed by atoms with E-state index in [1.807, 2.05) is 16.7 Å². The van der Waals surface area contributed by atoms with E-state index in [-0.39, 0.29) is 18.5 Å². The molecule has 0 unspecified atom stereocenters. The van der Waals surface area contributed by atoms with Crippen LogP contribution in [0.25, 0.3) is 0 Å². The van der Waals surface area contributed by atoms with Crippen molar-refractivity contribution in [3.8, 4) is 0 Å². The van der Waals surface area contributed by atoms with Crippen LogP contribution in [0.1, 0.15) is 65.6 Å². The summed E-state index contributed by atoms with van der Waals surface area (Å²) in [4.78, 5) is 30.2. The second kappa shape index (κ2) is 9.00. The molecular weight excluding hydrogens is 348 g/mol. The third-order valence-corrected chi connectivity index (χ3v) is 6.95. The van der Waals surface area contributed by atoms with Crippen molar-refractivity contribution < 1.29 is 14.7 Å². The lowest BCUT2D eigenvalue weighted by molar-refractivity contribution is -0.139. The number of aliphatic carboxylic acids is 1. The summed E-state index contributed by atoms with van der Waals surface area (Å²) in [5, 5.41) is 9.05. The Kier molecular flexibility index (Phi) is 6.70. The Labute approximate surface area is 160 Å². The van der Waals surface area contributed by atoms with Crippen LogP contribution in [0.15, 0.2) is 6.07 Å². The molecule has 1 aliphatic carbocycles. The Bertz CT molecular complexity index is 610. The Balaban J connectivity index is 1.60. The first-order valence-electron chi connectivity index (χ1n) is 9.95. The number of carbonyl (C=O) groups excluding carboxylic acids is 1. The smallest absolute Gasteiger partial charge is 0.317 e. The van der Waals surface area contributed by atoms with Crippen molar-refractivity contribution in [3.05, 3.63) is 21.4 Å². The first-order valence-corrected chi connectivity index (χ1v) is 10.8. The van der Waals surface area contributed by atoms with Gasteiger partial charge in [0, 0.05) is 24.0 Å². The van der Waals surface area contributed by atoms with Gasteiger partial charge in [0.15, 0.2) is 0 Å². The summed E-state index contributed by atoms with van der Waals surface area (Å²) in [7, 11) is 0. The Hall–Kier alpha value is -1.40. The number of amides is 1. The number of hydrogen-bond donors (Lipinski definition) is 1. The van der Waals surface area contributed by atoms with E-state index in [2.05, 4.69) is 6.07 Å². The molecule has 1 aliphatic heterocycles. The number of rotatable bonds is 5. The van der Waals surface area contributed by atoms with Gasteiger partial charge < -0.3 is 10.0 Å². The van der Waals surface area contributed by atoms with Crippen molar-refractivity contribution in [1.82, 2.24) is 9.80 Å². The van der Waals surface area contributed by atoms with E-state index in [0.717, 1.165) is 50.2 Å². The minimum atomic E-state index is -0.777. The molecule has 0 saturated carbocycles. The van der Waals surface area contributed by atoms with E-state index in [0.29, 0.717) is 0 Å². The zero-order chi connectivity index (χ0) is 18.5. The van der Waals surface area contributed by atoms with Crippen LogP contribution in [-0.4, -0.2) is 59.0 Å². The summed E-state index contributed by atoms with van der Waals surface area (Å²) >= 11 is 1.70. The summed E-state index contributed by atoms with van der Waals surface area (Å²) in [5.41, 5.74) is 1.39. The maximum absolute atomic E-state index is 12.9. The number of piperidine rings is 1. The third-order valence-electron chi connectivity index (χ3n) is 5.72. The van der Waals surface area contributed by atoms with Crippen molar-refractivity contribution >= 4 is 23.2 Å². The fourth-order valence-electron chi connectivity index (χ4n) is 4.21.